The monoisotopic (exact) mass is 189 g/mol. The molecule has 0 aromatic rings. The van der Waals surface area contributed by atoms with E-state index in [0.717, 1.165) is 12.8 Å². The quantitative estimate of drug-likeness (QED) is 0.418. The highest BCUT2D eigenvalue weighted by Gasteiger charge is 2.27. The van der Waals surface area contributed by atoms with E-state index in [0.29, 0.717) is 6.54 Å². The second kappa shape index (κ2) is 4.89. The second-order valence-corrected chi connectivity index (χ2v) is 3.99. The molecule has 0 aliphatic rings. The summed E-state index contributed by atoms with van der Waals surface area (Å²) < 4.78 is 0. The molecule has 78 valence electrons. The molecular weight excluding hydrogens is 170 g/mol. The predicted molar refractivity (Wildman–Crippen MR) is 49.2 cm³/mol. The van der Waals surface area contributed by atoms with Gasteiger partial charge in [0.2, 0.25) is 5.28 Å². The zero-order chi connectivity index (χ0) is 10.5. The van der Waals surface area contributed by atoms with Crippen molar-refractivity contribution in [3.8, 4) is 0 Å². The van der Waals surface area contributed by atoms with Crippen LogP contribution in [0.3, 0.4) is 0 Å². The Balaban J connectivity index is 4.38. The summed E-state index contributed by atoms with van der Waals surface area (Å²) in [6, 6.07) is 0. The first kappa shape index (κ1) is 12.0. The van der Waals surface area contributed by atoms with Crippen molar-refractivity contribution in [2.24, 2.45) is 5.28 Å². The molecule has 1 N–H and O–H groups in total. The molecule has 0 aliphatic carbocycles. The SMILES string of the molecule is CCCCN(/[N+]([O-])=N\O)C(C)(C)C. The first-order valence-electron chi connectivity index (χ1n) is 4.53. The van der Waals surface area contributed by atoms with Gasteiger partial charge < -0.3 is 10.4 Å². The van der Waals surface area contributed by atoms with Gasteiger partial charge in [0.15, 0.2) is 0 Å². The van der Waals surface area contributed by atoms with E-state index in [1.54, 1.807) is 0 Å². The van der Waals surface area contributed by atoms with Crippen LogP contribution in [0, 0.1) is 5.21 Å². The lowest BCUT2D eigenvalue weighted by molar-refractivity contribution is -0.724. The van der Waals surface area contributed by atoms with Crippen molar-refractivity contribution in [3.63, 3.8) is 0 Å². The summed E-state index contributed by atoms with van der Waals surface area (Å²) in [6.45, 7) is 8.36. The summed E-state index contributed by atoms with van der Waals surface area (Å²) in [5, 5.41) is 23.5. The highest BCUT2D eigenvalue weighted by Crippen LogP contribution is 2.14. The number of hydrazine groups is 1. The normalized spacial score (nSPS) is 13.1. The number of hydrogen-bond acceptors (Lipinski definition) is 2. The summed E-state index contributed by atoms with van der Waals surface area (Å²) in [6.07, 6.45) is 1.91. The molecule has 0 saturated heterocycles. The molecule has 0 saturated carbocycles. The van der Waals surface area contributed by atoms with Crippen molar-refractivity contribution in [2.45, 2.75) is 46.1 Å². The standard InChI is InChI=1S/C8H19N3O2/c1-5-6-7-10(8(2,3)4)11(13)9-12/h12H,5-7H2,1-4H3/b11-9+. The van der Waals surface area contributed by atoms with Crippen LogP contribution >= 0.6 is 0 Å². The molecule has 5 heteroatoms. The van der Waals surface area contributed by atoms with Crippen molar-refractivity contribution >= 4 is 0 Å². The fraction of sp³-hybridized carbons (Fsp3) is 1.00. The number of rotatable bonds is 4. The minimum Gasteiger partial charge on any atom is -0.569 e. The van der Waals surface area contributed by atoms with Crippen LogP contribution in [0.5, 0.6) is 0 Å². The van der Waals surface area contributed by atoms with E-state index in [2.05, 4.69) is 5.28 Å². The second-order valence-electron chi connectivity index (χ2n) is 3.99. The molecular formula is C8H19N3O2. The number of nitrogens with zero attached hydrogens (tertiary/aromatic N) is 3. The van der Waals surface area contributed by atoms with Gasteiger partial charge in [0.25, 0.3) is 0 Å². The highest BCUT2D eigenvalue weighted by atomic mass is 16.6. The lowest BCUT2D eigenvalue weighted by atomic mass is 10.1. The Hall–Kier alpha value is -1.00. The molecule has 0 unspecified atom stereocenters. The Kier molecular flexibility index (Phi) is 4.51. The van der Waals surface area contributed by atoms with Crippen LogP contribution < -0.4 is 0 Å². The minimum atomic E-state index is -0.316. The highest BCUT2D eigenvalue weighted by molar-refractivity contribution is 4.68. The summed E-state index contributed by atoms with van der Waals surface area (Å²) in [5.41, 5.74) is -0.316. The van der Waals surface area contributed by atoms with E-state index < -0.39 is 0 Å². The Morgan fingerprint density at radius 1 is 1.46 bits per heavy atom. The minimum absolute atomic E-state index is 0.246. The van der Waals surface area contributed by atoms with Crippen LogP contribution in [0.25, 0.3) is 0 Å². The van der Waals surface area contributed by atoms with Gasteiger partial charge in [0, 0.05) is 0 Å². The van der Waals surface area contributed by atoms with Crippen LogP contribution in [0.1, 0.15) is 40.5 Å². The van der Waals surface area contributed by atoms with Crippen molar-refractivity contribution in [3.05, 3.63) is 5.21 Å². The van der Waals surface area contributed by atoms with Gasteiger partial charge in [0.1, 0.15) is 0 Å². The average molecular weight is 189 g/mol. The molecule has 0 aromatic heterocycles. The molecule has 5 nitrogen and oxygen atoms in total. The van der Waals surface area contributed by atoms with Gasteiger partial charge in [-0.3, -0.25) is 0 Å². The van der Waals surface area contributed by atoms with E-state index in [4.69, 9.17) is 5.21 Å². The first-order valence-corrected chi connectivity index (χ1v) is 4.53. The van der Waals surface area contributed by atoms with Crippen molar-refractivity contribution in [2.75, 3.05) is 6.54 Å². The van der Waals surface area contributed by atoms with Crippen molar-refractivity contribution in [1.29, 1.82) is 0 Å². The van der Waals surface area contributed by atoms with Gasteiger partial charge in [0.05, 0.1) is 17.1 Å². The third kappa shape index (κ3) is 3.96. The molecule has 0 radical (unpaired) electrons. The van der Waals surface area contributed by atoms with Gasteiger partial charge >= 0.3 is 0 Å². The van der Waals surface area contributed by atoms with Crippen molar-refractivity contribution < 1.29 is 10.2 Å². The lowest BCUT2D eigenvalue weighted by Crippen LogP contribution is -2.46. The third-order valence-corrected chi connectivity index (χ3v) is 1.78. The van der Waals surface area contributed by atoms with E-state index in [1.807, 2.05) is 27.7 Å². The smallest absolute Gasteiger partial charge is 0.230 e. The lowest BCUT2D eigenvalue weighted by Gasteiger charge is -2.29. The predicted octanol–water partition coefficient (Wildman–Crippen LogP) is 2.15. The summed E-state index contributed by atoms with van der Waals surface area (Å²) in [7, 11) is 0. The largest absolute Gasteiger partial charge is 0.569 e. The molecule has 0 spiro atoms. The summed E-state index contributed by atoms with van der Waals surface area (Å²) in [4.78, 5) is 0.246. The van der Waals surface area contributed by atoms with Crippen LogP contribution in [0.2, 0.25) is 0 Å². The Bertz CT molecular complexity index is 175. The van der Waals surface area contributed by atoms with Gasteiger partial charge in [-0.1, -0.05) is 13.3 Å². The van der Waals surface area contributed by atoms with Crippen LogP contribution in [-0.4, -0.2) is 27.3 Å². The maximum Gasteiger partial charge on any atom is 0.230 e. The first-order chi connectivity index (χ1) is 5.93. The molecule has 0 rings (SSSR count). The molecule has 13 heavy (non-hydrogen) atoms. The Labute approximate surface area is 79.2 Å². The van der Waals surface area contributed by atoms with E-state index in [-0.39, 0.29) is 10.5 Å². The Morgan fingerprint density at radius 2 is 2.00 bits per heavy atom. The van der Waals surface area contributed by atoms with E-state index in [1.165, 1.54) is 5.01 Å². The van der Waals surface area contributed by atoms with Crippen LogP contribution in [0.15, 0.2) is 5.28 Å². The molecule has 0 atom stereocenters. The number of hydrogen-bond donors (Lipinski definition) is 1. The van der Waals surface area contributed by atoms with Gasteiger partial charge in [-0.25, -0.2) is 0 Å². The number of unbranched alkanes of at least 4 members (excludes halogenated alkanes) is 1. The average Bonchev–Trinajstić information content (AvgIpc) is 2.02. The maximum absolute atomic E-state index is 11.1. The summed E-state index contributed by atoms with van der Waals surface area (Å²) in [5.74, 6) is 0. The molecule has 0 bridgehead atoms. The molecule has 0 aliphatic heterocycles. The van der Waals surface area contributed by atoms with Crippen LogP contribution in [0.4, 0.5) is 0 Å². The zero-order valence-corrected chi connectivity index (χ0v) is 8.82. The summed E-state index contributed by atoms with van der Waals surface area (Å²) >= 11 is 0. The molecule has 0 fully saturated rings. The van der Waals surface area contributed by atoms with Gasteiger partial charge in [-0.15, -0.1) is 5.01 Å². The molecule has 0 heterocycles. The topological polar surface area (TPSA) is 61.9 Å². The van der Waals surface area contributed by atoms with Crippen LogP contribution in [-0.2, 0) is 0 Å². The Morgan fingerprint density at radius 3 is 2.31 bits per heavy atom. The van der Waals surface area contributed by atoms with Gasteiger partial charge in [-0.05, 0) is 27.2 Å². The third-order valence-electron chi connectivity index (χ3n) is 1.78. The van der Waals surface area contributed by atoms with Crippen molar-refractivity contribution in [1.82, 2.24) is 5.01 Å². The maximum atomic E-state index is 11.1. The zero-order valence-electron chi connectivity index (χ0n) is 8.82. The van der Waals surface area contributed by atoms with E-state index in [9.17, 15) is 5.21 Å². The van der Waals surface area contributed by atoms with Gasteiger partial charge in [-0.2, -0.15) is 0 Å². The fourth-order valence-electron chi connectivity index (χ4n) is 1.03. The molecule has 0 amide bonds. The fourth-order valence-corrected chi connectivity index (χ4v) is 1.03. The molecule has 0 aromatic carbocycles. The van der Waals surface area contributed by atoms with E-state index >= 15 is 0 Å².